The van der Waals surface area contributed by atoms with E-state index >= 15 is 4.39 Å². The standard InChI is InChI=1S/C44H41FN14O2/c45-38-11-28(59-17-29(61-41(59)60)16-58-10-9-53-54-58)5-6-30(38)27-4-7-39(52-15-27)40(44-23-57(26-51)20-37(44)34(44)14-48)31(43-22-56(25-50)19-36(43)33(43)13-47)3-1-2-8-42-21-55(24-49)18-35(42)32(42)12-46/h4-7,9-11,15,29,31-37,40H,1-3,8,16-23H2/t29-,31?,32?,33?,34?,35?,36?,37?,40?,42?,43?,44?/m0/s1. The van der Waals surface area contributed by atoms with Crippen molar-refractivity contribution in [3.8, 4) is 47.9 Å². The van der Waals surface area contributed by atoms with Crippen molar-refractivity contribution in [1.82, 2.24) is 34.7 Å². The van der Waals surface area contributed by atoms with Crippen LogP contribution in [0.15, 0.2) is 48.9 Å². The van der Waals surface area contributed by atoms with Crippen molar-refractivity contribution in [2.45, 2.75) is 44.2 Å². The molecule has 61 heavy (non-hydrogen) atoms. The molecule has 3 saturated carbocycles. The van der Waals surface area contributed by atoms with Crippen LogP contribution in [0.4, 0.5) is 14.9 Å². The van der Waals surface area contributed by atoms with Crippen LogP contribution in [0.1, 0.15) is 37.3 Å². The van der Waals surface area contributed by atoms with Crippen LogP contribution in [-0.2, 0) is 11.3 Å². The third-order valence-electron chi connectivity index (χ3n) is 15.8. The lowest BCUT2D eigenvalue weighted by atomic mass is 9.65. The quantitative estimate of drug-likeness (QED) is 0.172. The fraction of sp³-hybridized carbons (Fsp3) is 0.545. The molecule has 0 N–H and O–H groups in total. The van der Waals surface area contributed by atoms with Gasteiger partial charge in [0.05, 0.1) is 60.9 Å². The zero-order chi connectivity index (χ0) is 42.3. The Kier molecular flexibility index (Phi) is 8.83. The topological polar surface area (TPSA) is 226 Å². The summed E-state index contributed by atoms with van der Waals surface area (Å²) in [5, 5.41) is 68.6. The van der Waals surface area contributed by atoms with Gasteiger partial charge in [0.15, 0.2) is 18.6 Å². The molecule has 306 valence electrons. The first-order chi connectivity index (χ1) is 29.7. The van der Waals surface area contributed by atoms with E-state index in [1.807, 2.05) is 12.1 Å². The highest BCUT2D eigenvalue weighted by molar-refractivity contribution is 5.90. The van der Waals surface area contributed by atoms with E-state index < -0.39 is 28.8 Å². The Bertz CT molecular complexity index is 2530. The van der Waals surface area contributed by atoms with Crippen molar-refractivity contribution < 1.29 is 13.9 Å². The summed E-state index contributed by atoms with van der Waals surface area (Å²) in [5.41, 5.74) is 0.555. The highest BCUT2D eigenvalue weighted by atomic mass is 19.1. The second-order valence-corrected chi connectivity index (χ2v) is 18.2. The number of ether oxygens (including phenoxy) is 1. The van der Waals surface area contributed by atoms with Gasteiger partial charge in [0.25, 0.3) is 0 Å². The Morgan fingerprint density at radius 2 is 1.51 bits per heavy atom. The molecule has 16 nitrogen and oxygen atoms in total. The highest BCUT2D eigenvalue weighted by Gasteiger charge is 2.80. The molecule has 7 aliphatic rings. The minimum atomic E-state index is -0.612. The number of fused-ring (bicyclic) bond motifs is 3. The smallest absolute Gasteiger partial charge is 0.414 e. The number of likely N-dealkylation sites (tertiary alicyclic amines) is 3. The third-order valence-corrected chi connectivity index (χ3v) is 15.8. The van der Waals surface area contributed by atoms with Crippen molar-refractivity contribution >= 4 is 11.8 Å². The molecule has 2 aromatic heterocycles. The van der Waals surface area contributed by atoms with Crippen molar-refractivity contribution in [1.29, 1.82) is 31.6 Å². The first-order valence-electron chi connectivity index (χ1n) is 20.9. The Morgan fingerprint density at radius 3 is 2.16 bits per heavy atom. The average molecular weight is 817 g/mol. The van der Waals surface area contributed by atoms with Crippen LogP contribution in [0, 0.1) is 132 Å². The van der Waals surface area contributed by atoms with Crippen LogP contribution >= 0.6 is 0 Å². The molecule has 3 aliphatic carbocycles. The van der Waals surface area contributed by atoms with E-state index in [4.69, 9.17) is 9.72 Å². The fourth-order valence-corrected chi connectivity index (χ4v) is 12.9. The second-order valence-electron chi connectivity index (χ2n) is 18.2. The van der Waals surface area contributed by atoms with Crippen molar-refractivity contribution in [3.05, 3.63) is 60.4 Å². The maximum Gasteiger partial charge on any atom is 0.414 e. The lowest BCUT2D eigenvalue weighted by Crippen LogP contribution is -2.38. The van der Waals surface area contributed by atoms with Gasteiger partial charge in [0, 0.05) is 108 Å². The van der Waals surface area contributed by atoms with Crippen LogP contribution in [0.3, 0.4) is 0 Å². The molecule has 7 fully saturated rings. The summed E-state index contributed by atoms with van der Waals surface area (Å²) in [6, 6.07) is 16.0. The zero-order valence-electron chi connectivity index (χ0n) is 33.3. The minimum Gasteiger partial charge on any atom is -0.442 e. The summed E-state index contributed by atoms with van der Waals surface area (Å²) in [6.07, 6.45) is 13.8. The van der Waals surface area contributed by atoms with Gasteiger partial charge < -0.3 is 19.4 Å². The number of aromatic nitrogens is 4. The van der Waals surface area contributed by atoms with E-state index in [0.29, 0.717) is 69.2 Å². The molecule has 0 spiro atoms. The number of rotatable bonds is 13. The summed E-state index contributed by atoms with van der Waals surface area (Å²) in [6.45, 7) is 3.48. The van der Waals surface area contributed by atoms with Crippen molar-refractivity contribution in [2.24, 2.45) is 57.7 Å². The van der Waals surface area contributed by atoms with Crippen LogP contribution in [0.25, 0.3) is 11.1 Å². The number of hydrogen-bond acceptors (Lipinski definition) is 14. The van der Waals surface area contributed by atoms with Gasteiger partial charge in [-0.05, 0) is 43.0 Å². The van der Waals surface area contributed by atoms with Gasteiger partial charge >= 0.3 is 6.09 Å². The molecule has 12 atom stereocenters. The molecule has 0 radical (unpaired) electrons. The van der Waals surface area contributed by atoms with Crippen LogP contribution in [-0.4, -0.2) is 92.7 Å². The lowest BCUT2D eigenvalue weighted by molar-refractivity contribution is 0.129. The summed E-state index contributed by atoms with van der Waals surface area (Å²) in [7, 11) is 0. The molecule has 3 aromatic rings. The highest BCUT2D eigenvalue weighted by Crippen LogP contribution is 2.78. The van der Waals surface area contributed by atoms with Gasteiger partial charge in [-0.2, -0.15) is 31.6 Å². The maximum absolute atomic E-state index is 16.0. The van der Waals surface area contributed by atoms with E-state index in [1.165, 1.54) is 17.2 Å². The number of halogens is 1. The number of anilines is 1. The number of nitrogens with zero attached hydrogens (tertiary/aromatic N) is 14. The molecule has 17 heteroatoms. The normalized spacial score (nSPS) is 34.3. The maximum atomic E-state index is 16.0. The van der Waals surface area contributed by atoms with Gasteiger partial charge in [-0.3, -0.25) is 9.88 Å². The van der Waals surface area contributed by atoms with E-state index in [1.54, 1.807) is 43.9 Å². The molecule has 0 bridgehead atoms. The monoisotopic (exact) mass is 816 g/mol. The third kappa shape index (κ3) is 5.68. The predicted molar refractivity (Wildman–Crippen MR) is 209 cm³/mol. The summed E-state index contributed by atoms with van der Waals surface area (Å²) >= 11 is 0. The molecular weight excluding hydrogens is 776 g/mol. The van der Waals surface area contributed by atoms with Crippen LogP contribution < -0.4 is 4.90 Å². The summed E-state index contributed by atoms with van der Waals surface area (Å²) in [5.74, 6) is -1.64. The number of piperidine rings is 3. The molecule has 1 aromatic carbocycles. The summed E-state index contributed by atoms with van der Waals surface area (Å²) < 4.78 is 23.1. The molecular formula is C44H41FN14O2. The number of nitriles is 6. The second kappa shape index (κ2) is 14.1. The minimum absolute atomic E-state index is 0.0294. The number of unbranched alkanes of at least 4 members (excludes halogenated alkanes) is 1. The molecule has 1 amide bonds. The van der Waals surface area contributed by atoms with E-state index in [9.17, 15) is 36.4 Å². The molecule has 4 aliphatic heterocycles. The lowest BCUT2D eigenvalue weighted by Gasteiger charge is -2.39. The van der Waals surface area contributed by atoms with E-state index in [-0.39, 0.29) is 64.9 Å². The predicted octanol–water partition coefficient (Wildman–Crippen LogP) is 4.42. The van der Waals surface area contributed by atoms with Gasteiger partial charge in [-0.25, -0.2) is 13.9 Å². The average Bonchev–Trinajstić information content (AvgIpc) is 3.75. The number of amides is 1. The number of benzene rings is 1. The first-order valence-corrected chi connectivity index (χ1v) is 20.9. The number of cyclic esters (lactones) is 1. The fourth-order valence-electron chi connectivity index (χ4n) is 12.9. The number of pyridine rings is 1. The van der Waals surface area contributed by atoms with Gasteiger partial charge in [0.2, 0.25) is 0 Å². The number of hydrogen-bond donors (Lipinski definition) is 0. The van der Waals surface area contributed by atoms with Crippen molar-refractivity contribution in [3.63, 3.8) is 0 Å². The SMILES string of the molecule is N#CC1C2CN(C#N)CC12CCCCC(C(c1ccc(-c2ccc(N3C[C@H](Cn4ccnn4)OC3=O)cc2F)cn1)C12CN(C#N)CC1C2C#N)C12CN(C#N)CC1C2C#N. The molecule has 11 unspecified atom stereocenters. The Hall–Kier alpha value is -6.95. The van der Waals surface area contributed by atoms with E-state index in [0.717, 1.165) is 19.3 Å². The Labute approximate surface area is 352 Å². The Balaban J connectivity index is 0.960. The molecule has 10 rings (SSSR count). The number of carbonyl (C=O) groups is 1. The van der Waals surface area contributed by atoms with Gasteiger partial charge in [0.1, 0.15) is 11.9 Å². The molecule has 4 saturated heterocycles. The van der Waals surface area contributed by atoms with Gasteiger partial charge in [-0.1, -0.05) is 24.1 Å². The van der Waals surface area contributed by atoms with E-state index in [2.05, 4.69) is 47.1 Å². The number of carbonyl (C=O) groups excluding carboxylic acids is 1. The van der Waals surface area contributed by atoms with Crippen LogP contribution in [0.5, 0.6) is 0 Å². The summed E-state index contributed by atoms with van der Waals surface area (Å²) in [4.78, 5) is 24.4. The largest absolute Gasteiger partial charge is 0.442 e. The first kappa shape index (κ1) is 38.3. The Morgan fingerprint density at radius 1 is 0.820 bits per heavy atom. The van der Waals surface area contributed by atoms with Crippen LogP contribution in [0.2, 0.25) is 0 Å². The molecule has 6 heterocycles. The van der Waals surface area contributed by atoms with Crippen molar-refractivity contribution in [2.75, 3.05) is 50.7 Å². The zero-order valence-corrected chi connectivity index (χ0v) is 33.3. The van der Waals surface area contributed by atoms with Gasteiger partial charge in [-0.15, -0.1) is 5.10 Å².